The molecule has 0 saturated carbocycles. The maximum absolute atomic E-state index is 13.2. The van der Waals surface area contributed by atoms with E-state index in [4.69, 9.17) is 0 Å². The largest absolute Gasteiger partial charge is 0.320 e. The first kappa shape index (κ1) is 19.7. The van der Waals surface area contributed by atoms with E-state index in [0.717, 1.165) is 34.1 Å². The number of nitrogens with one attached hydrogen (secondary N) is 1. The fourth-order valence-electron chi connectivity index (χ4n) is 3.55. The molecule has 0 aliphatic rings. The molecule has 0 radical (unpaired) electrons. The van der Waals surface area contributed by atoms with Crippen molar-refractivity contribution in [2.45, 2.75) is 33.2 Å². The van der Waals surface area contributed by atoms with Gasteiger partial charge < -0.3 is 5.32 Å². The minimum Gasteiger partial charge on any atom is -0.320 e. The van der Waals surface area contributed by atoms with Crippen LogP contribution in [0.25, 0.3) is 10.9 Å². The van der Waals surface area contributed by atoms with Crippen LogP contribution in [0.2, 0.25) is 0 Å². The number of carbonyl (C=O) groups excluding carboxylic acids is 1. The summed E-state index contributed by atoms with van der Waals surface area (Å²) in [5, 5.41) is 12.0. The van der Waals surface area contributed by atoms with E-state index in [0.29, 0.717) is 5.69 Å². The second-order valence-electron chi connectivity index (χ2n) is 7.29. The van der Waals surface area contributed by atoms with Gasteiger partial charge in [-0.2, -0.15) is 0 Å². The van der Waals surface area contributed by atoms with Crippen LogP contribution in [-0.4, -0.2) is 25.9 Å². The number of hydrogen-bond acceptors (Lipinski definition) is 4. The zero-order valence-electron chi connectivity index (χ0n) is 17.1. The number of aryl methyl sites for hydroxylation is 2. The first-order valence-electron chi connectivity index (χ1n) is 9.82. The van der Waals surface area contributed by atoms with E-state index in [1.165, 1.54) is 12.1 Å². The average Bonchev–Trinajstić information content (AvgIpc) is 3.22. The second kappa shape index (κ2) is 8.02. The van der Waals surface area contributed by atoms with Crippen molar-refractivity contribution >= 4 is 22.5 Å². The molecule has 0 aliphatic carbocycles. The topological polar surface area (TPSA) is 72.7 Å². The van der Waals surface area contributed by atoms with Crippen molar-refractivity contribution in [2.24, 2.45) is 0 Å². The van der Waals surface area contributed by atoms with E-state index in [9.17, 15) is 9.18 Å². The Balaban J connectivity index is 1.61. The lowest BCUT2D eigenvalue weighted by Gasteiger charge is -2.15. The number of carbonyl (C=O) groups is 1. The van der Waals surface area contributed by atoms with Crippen molar-refractivity contribution in [3.63, 3.8) is 0 Å². The second-order valence-corrected chi connectivity index (χ2v) is 7.29. The van der Waals surface area contributed by atoms with Gasteiger partial charge in [-0.3, -0.25) is 9.78 Å². The standard InChI is InChI=1S/C23H22FN5O/c1-4-21(16-7-9-17(24)10-8-16)29-13-20(27-28-29)23(30)26-22-14(2)5-12-19-18(22)11-6-15(3)25-19/h5-13,21H,4H2,1-3H3,(H,26,30)/t21-/m1/s1. The van der Waals surface area contributed by atoms with Gasteiger partial charge in [-0.25, -0.2) is 9.07 Å². The summed E-state index contributed by atoms with van der Waals surface area (Å²) >= 11 is 0. The fraction of sp³-hybridized carbons (Fsp3) is 0.217. The van der Waals surface area contributed by atoms with Gasteiger partial charge in [0.1, 0.15) is 5.82 Å². The number of nitrogens with zero attached hydrogens (tertiary/aromatic N) is 4. The molecule has 0 spiro atoms. The Kier molecular flexibility index (Phi) is 5.27. The number of fused-ring (bicyclic) bond motifs is 1. The van der Waals surface area contributed by atoms with Crippen LogP contribution in [-0.2, 0) is 0 Å². The van der Waals surface area contributed by atoms with Crippen LogP contribution in [0.4, 0.5) is 10.1 Å². The van der Waals surface area contributed by atoms with Gasteiger partial charge in [0.2, 0.25) is 0 Å². The van der Waals surface area contributed by atoms with Gasteiger partial charge in [-0.15, -0.1) is 5.10 Å². The molecule has 0 bridgehead atoms. The van der Waals surface area contributed by atoms with Gasteiger partial charge in [-0.05, 0) is 61.7 Å². The molecule has 0 aliphatic heterocycles. The third kappa shape index (κ3) is 3.78. The Morgan fingerprint density at radius 1 is 1.10 bits per heavy atom. The van der Waals surface area contributed by atoms with Crippen molar-refractivity contribution in [3.8, 4) is 0 Å². The summed E-state index contributed by atoms with van der Waals surface area (Å²) in [5.74, 6) is -0.631. The predicted molar refractivity (Wildman–Crippen MR) is 114 cm³/mol. The van der Waals surface area contributed by atoms with Crippen LogP contribution in [0.1, 0.15) is 46.7 Å². The summed E-state index contributed by atoms with van der Waals surface area (Å²) < 4.78 is 14.9. The van der Waals surface area contributed by atoms with E-state index < -0.39 is 0 Å². The number of rotatable bonds is 5. The predicted octanol–water partition coefficient (Wildman–Crippen LogP) is 4.83. The van der Waals surface area contributed by atoms with E-state index in [2.05, 4.69) is 20.6 Å². The number of aromatic nitrogens is 4. The molecule has 30 heavy (non-hydrogen) atoms. The molecule has 1 atom stereocenters. The molecule has 2 aromatic carbocycles. The maximum atomic E-state index is 13.2. The lowest BCUT2D eigenvalue weighted by Crippen LogP contribution is -2.14. The smallest absolute Gasteiger partial charge is 0.277 e. The average molecular weight is 403 g/mol. The van der Waals surface area contributed by atoms with Crippen LogP contribution >= 0.6 is 0 Å². The molecule has 152 valence electrons. The van der Waals surface area contributed by atoms with E-state index in [1.807, 2.05) is 45.0 Å². The third-order valence-electron chi connectivity index (χ3n) is 5.16. The Morgan fingerprint density at radius 3 is 2.60 bits per heavy atom. The summed E-state index contributed by atoms with van der Waals surface area (Å²) in [4.78, 5) is 17.4. The molecule has 4 rings (SSSR count). The molecule has 0 fully saturated rings. The molecule has 1 N–H and O–H groups in total. The van der Waals surface area contributed by atoms with Crippen LogP contribution in [0.15, 0.2) is 54.7 Å². The van der Waals surface area contributed by atoms with E-state index in [-0.39, 0.29) is 23.5 Å². The SMILES string of the molecule is CC[C@H](c1ccc(F)cc1)n1cc(C(=O)Nc2c(C)ccc3nc(C)ccc23)nn1. The Labute approximate surface area is 173 Å². The van der Waals surface area contributed by atoms with Crippen molar-refractivity contribution in [1.82, 2.24) is 20.0 Å². The normalized spacial score (nSPS) is 12.1. The van der Waals surface area contributed by atoms with Crippen molar-refractivity contribution in [2.75, 3.05) is 5.32 Å². The van der Waals surface area contributed by atoms with Crippen molar-refractivity contribution in [1.29, 1.82) is 0 Å². The Bertz CT molecular complexity index is 1220. The van der Waals surface area contributed by atoms with Crippen LogP contribution in [0.5, 0.6) is 0 Å². The first-order valence-corrected chi connectivity index (χ1v) is 9.82. The van der Waals surface area contributed by atoms with Crippen LogP contribution in [0.3, 0.4) is 0 Å². The minimum atomic E-state index is -0.341. The zero-order chi connectivity index (χ0) is 21.3. The molecule has 2 aromatic heterocycles. The minimum absolute atomic E-state index is 0.133. The highest BCUT2D eigenvalue weighted by Gasteiger charge is 2.18. The highest BCUT2D eigenvalue weighted by molar-refractivity contribution is 6.08. The lowest BCUT2D eigenvalue weighted by atomic mass is 10.0. The molecule has 4 aromatic rings. The summed E-state index contributed by atoms with van der Waals surface area (Å²) in [5.41, 5.74) is 4.51. The van der Waals surface area contributed by atoms with E-state index >= 15 is 0 Å². The maximum Gasteiger partial charge on any atom is 0.277 e. The van der Waals surface area contributed by atoms with Gasteiger partial charge in [0.05, 0.1) is 23.4 Å². The van der Waals surface area contributed by atoms with Gasteiger partial charge in [0, 0.05) is 11.1 Å². The Hall–Kier alpha value is -3.61. The summed E-state index contributed by atoms with van der Waals surface area (Å²) in [6.45, 7) is 5.87. The van der Waals surface area contributed by atoms with Gasteiger partial charge in [0.25, 0.3) is 5.91 Å². The lowest BCUT2D eigenvalue weighted by molar-refractivity contribution is 0.102. The van der Waals surface area contributed by atoms with Crippen molar-refractivity contribution in [3.05, 3.63) is 83.1 Å². The Morgan fingerprint density at radius 2 is 1.87 bits per heavy atom. The monoisotopic (exact) mass is 403 g/mol. The molecular formula is C23H22FN5O. The summed E-state index contributed by atoms with van der Waals surface area (Å²) in [7, 11) is 0. The van der Waals surface area contributed by atoms with Crippen LogP contribution in [0, 0.1) is 19.7 Å². The third-order valence-corrected chi connectivity index (χ3v) is 5.16. The number of hydrogen-bond donors (Lipinski definition) is 1. The molecule has 0 unspecified atom stereocenters. The molecule has 2 heterocycles. The highest BCUT2D eigenvalue weighted by atomic mass is 19.1. The van der Waals surface area contributed by atoms with Crippen molar-refractivity contribution < 1.29 is 9.18 Å². The zero-order valence-corrected chi connectivity index (χ0v) is 17.1. The number of anilines is 1. The van der Waals surface area contributed by atoms with E-state index in [1.54, 1.807) is 23.0 Å². The fourth-order valence-corrected chi connectivity index (χ4v) is 3.55. The molecule has 1 amide bonds. The molecule has 6 nitrogen and oxygen atoms in total. The van der Waals surface area contributed by atoms with Gasteiger partial charge in [0.15, 0.2) is 5.69 Å². The number of pyridine rings is 1. The molecule has 0 saturated heterocycles. The summed E-state index contributed by atoms with van der Waals surface area (Å²) in [6.07, 6.45) is 2.35. The number of halogens is 1. The number of benzene rings is 2. The highest BCUT2D eigenvalue weighted by Crippen LogP contribution is 2.27. The number of amides is 1. The molecular weight excluding hydrogens is 381 g/mol. The van der Waals surface area contributed by atoms with Gasteiger partial charge in [-0.1, -0.05) is 30.3 Å². The quantitative estimate of drug-likeness (QED) is 0.518. The van der Waals surface area contributed by atoms with Crippen LogP contribution < -0.4 is 5.32 Å². The molecule has 7 heteroatoms. The summed E-state index contributed by atoms with van der Waals surface area (Å²) in [6, 6.07) is 13.9. The van der Waals surface area contributed by atoms with Gasteiger partial charge >= 0.3 is 0 Å². The first-order chi connectivity index (χ1) is 14.5.